The number of anilines is 1. The highest BCUT2D eigenvalue weighted by molar-refractivity contribution is 5.97. The van der Waals surface area contributed by atoms with Crippen LogP contribution in [0.4, 0.5) is 5.69 Å². The van der Waals surface area contributed by atoms with E-state index in [1.54, 1.807) is 0 Å². The van der Waals surface area contributed by atoms with Gasteiger partial charge in [0.05, 0.1) is 5.92 Å². The van der Waals surface area contributed by atoms with E-state index in [1.165, 1.54) is 11.1 Å². The molecule has 0 spiro atoms. The van der Waals surface area contributed by atoms with E-state index in [2.05, 4.69) is 11.4 Å². The molecule has 0 radical (unpaired) electrons. The third-order valence-electron chi connectivity index (χ3n) is 3.21. The number of rotatable bonds is 2. The van der Waals surface area contributed by atoms with Gasteiger partial charge >= 0.3 is 0 Å². The van der Waals surface area contributed by atoms with Crippen molar-refractivity contribution in [2.45, 2.75) is 12.3 Å². The summed E-state index contributed by atoms with van der Waals surface area (Å²) in [5.41, 5.74) is 3.32. The van der Waals surface area contributed by atoms with Gasteiger partial charge in [0.25, 0.3) is 0 Å². The Kier molecular flexibility index (Phi) is 2.41. The zero-order valence-electron chi connectivity index (χ0n) is 9.39. The van der Waals surface area contributed by atoms with Crippen LogP contribution in [0, 0.1) is 0 Å². The summed E-state index contributed by atoms with van der Waals surface area (Å²) in [4.78, 5) is 12.0. The normalized spacial score (nSPS) is 16.8. The van der Waals surface area contributed by atoms with E-state index >= 15 is 0 Å². The van der Waals surface area contributed by atoms with Crippen molar-refractivity contribution in [1.82, 2.24) is 0 Å². The molecule has 1 amide bonds. The van der Waals surface area contributed by atoms with Crippen molar-refractivity contribution >= 4 is 11.6 Å². The molecular formula is C15H13NO. The number of amides is 1. The molecule has 2 nitrogen and oxygen atoms in total. The van der Waals surface area contributed by atoms with E-state index in [0.717, 1.165) is 12.1 Å². The van der Waals surface area contributed by atoms with Crippen LogP contribution < -0.4 is 5.32 Å². The number of fused-ring (bicyclic) bond motifs is 1. The minimum atomic E-state index is 0.0198. The summed E-state index contributed by atoms with van der Waals surface area (Å²) in [6.07, 6.45) is 0.856. The van der Waals surface area contributed by atoms with Crippen LogP contribution in [-0.2, 0) is 11.2 Å². The number of benzene rings is 2. The Morgan fingerprint density at radius 3 is 2.47 bits per heavy atom. The lowest BCUT2D eigenvalue weighted by Crippen LogP contribution is -2.30. The molecule has 0 saturated heterocycles. The van der Waals surface area contributed by atoms with Crippen LogP contribution in [0.1, 0.15) is 17.0 Å². The number of hydrogen-bond acceptors (Lipinski definition) is 1. The van der Waals surface area contributed by atoms with Crippen LogP contribution in [0.2, 0.25) is 0 Å². The summed E-state index contributed by atoms with van der Waals surface area (Å²) < 4.78 is 0. The first kappa shape index (κ1) is 10.1. The van der Waals surface area contributed by atoms with Gasteiger partial charge in [-0.2, -0.15) is 0 Å². The predicted molar refractivity (Wildman–Crippen MR) is 68.0 cm³/mol. The first-order valence-corrected chi connectivity index (χ1v) is 5.78. The highest BCUT2D eigenvalue weighted by Crippen LogP contribution is 2.35. The second-order valence-electron chi connectivity index (χ2n) is 4.31. The van der Waals surface area contributed by atoms with Gasteiger partial charge in [0, 0.05) is 5.69 Å². The Morgan fingerprint density at radius 2 is 1.71 bits per heavy atom. The van der Waals surface area contributed by atoms with Crippen molar-refractivity contribution in [1.29, 1.82) is 0 Å². The Balaban J connectivity index is 1.74. The molecular weight excluding hydrogens is 210 g/mol. The first-order chi connectivity index (χ1) is 8.34. The second kappa shape index (κ2) is 4.06. The third-order valence-corrected chi connectivity index (χ3v) is 3.21. The zero-order chi connectivity index (χ0) is 11.7. The van der Waals surface area contributed by atoms with Crippen LogP contribution in [0.15, 0.2) is 54.6 Å². The molecule has 2 heteroatoms. The molecule has 0 saturated carbocycles. The molecule has 3 rings (SSSR count). The third kappa shape index (κ3) is 1.82. The van der Waals surface area contributed by atoms with Crippen LogP contribution in [0.25, 0.3) is 0 Å². The molecule has 84 valence electrons. The van der Waals surface area contributed by atoms with Gasteiger partial charge in [0.2, 0.25) is 5.91 Å². The fourth-order valence-corrected chi connectivity index (χ4v) is 2.24. The summed E-state index contributed by atoms with van der Waals surface area (Å²) in [5.74, 6) is 0.112. The van der Waals surface area contributed by atoms with Crippen molar-refractivity contribution in [3.63, 3.8) is 0 Å². The maximum absolute atomic E-state index is 12.0. The lowest BCUT2D eigenvalue weighted by atomic mass is 9.77. The van der Waals surface area contributed by atoms with E-state index in [9.17, 15) is 4.79 Å². The number of hydrogen-bond donors (Lipinski definition) is 1. The van der Waals surface area contributed by atoms with Gasteiger partial charge in [-0.15, -0.1) is 0 Å². The monoisotopic (exact) mass is 223 g/mol. The molecule has 0 aromatic heterocycles. The fraction of sp³-hybridized carbons (Fsp3) is 0.133. The Morgan fingerprint density at radius 1 is 1.00 bits per heavy atom. The highest BCUT2D eigenvalue weighted by Gasteiger charge is 2.31. The van der Waals surface area contributed by atoms with Crippen molar-refractivity contribution in [2.75, 3.05) is 5.32 Å². The average molecular weight is 223 g/mol. The van der Waals surface area contributed by atoms with Crippen molar-refractivity contribution in [3.05, 3.63) is 65.7 Å². The van der Waals surface area contributed by atoms with Crippen molar-refractivity contribution < 1.29 is 4.79 Å². The summed E-state index contributed by atoms with van der Waals surface area (Å²) in [7, 11) is 0. The smallest absolute Gasteiger partial charge is 0.232 e. The summed E-state index contributed by atoms with van der Waals surface area (Å²) >= 11 is 0. The van der Waals surface area contributed by atoms with Crippen LogP contribution in [-0.4, -0.2) is 5.91 Å². The molecule has 1 aliphatic carbocycles. The zero-order valence-corrected chi connectivity index (χ0v) is 9.39. The quantitative estimate of drug-likeness (QED) is 0.833. The molecule has 1 N–H and O–H groups in total. The minimum Gasteiger partial charge on any atom is -0.326 e. The summed E-state index contributed by atoms with van der Waals surface area (Å²) in [6.45, 7) is 0. The van der Waals surface area contributed by atoms with E-state index in [4.69, 9.17) is 0 Å². The van der Waals surface area contributed by atoms with Gasteiger partial charge in [-0.25, -0.2) is 0 Å². The molecule has 17 heavy (non-hydrogen) atoms. The minimum absolute atomic E-state index is 0.0198. The van der Waals surface area contributed by atoms with Gasteiger partial charge in [-0.1, -0.05) is 42.5 Å². The van der Waals surface area contributed by atoms with E-state index in [1.807, 2.05) is 48.5 Å². The maximum atomic E-state index is 12.0. The van der Waals surface area contributed by atoms with Gasteiger partial charge in [-0.05, 0) is 29.7 Å². The van der Waals surface area contributed by atoms with Gasteiger partial charge in [-0.3, -0.25) is 4.79 Å². The SMILES string of the molecule is O=C(Nc1ccccc1)[C@H]1Cc2ccccc21. The molecule has 0 aliphatic heterocycles. The molecule has 1 atom stereocenters. The second-order valence-corrected chi connectivity index (χ2v) is 4.31. The molecule has 0 fully saturated rings. The lowest BCUT2D eigenvalue weighted by molar-refractivity contribution is -0.118. The average Bonchev–Trinajstić information content (AvgIpc) is 2.32. The molecule has 1 aliphatic rings. The number of nitrogens with one attached hydrogen (secondary N) is 1. The molecule has 0 bridgehead atoms. The Bertz CT molecular complexity index is 548. The largest absolute Gasteiger partial charge is 0.326 e. The number of carbonyl (C=O) groups excluding carboxylic acids is 1. The standard InChI is InChI=1S/C15H13NO/c17-15(16-12-7-2-1-3-8-12)14-10-11-6-4-5-9-13(11)14/h1-9,14H,10H2,(H,16,17)/t14-/m0/s1. The summed E-state index contributed by atoms with van der Waals surface area (Å²) in [6, 6.07) is 17.7. The van der Waals surface area contributed by atoms with E-state index in [0.29, 0.717) is 0 Å². The topological polar surface area (TPSA) is 29.1 Å². The lowest BCUT2D eigenvalue weighted by Gasteiger charge is -2.28. The Hall–Kier alpha value is -2.09. The van der Waals surface area contributed by atoms with Crippen LogP contribution >= 0.6 is 0 Å². The molecule has 2 aromatic carbocycles. The maximum Gasteiger partial charge on any atom is 0.232 e. The van der Waals surface area contributed by atoms with E-state index < -0.39 is 0 Å². The molecule has 0 heterocycles. The van der Waals surface area contributed by atoms with Gasteiger partial charge in [0.1, 0.15) is 0 Å². The number of carbonyl (C=O) groups is 1. The first-order valence-electron chi connectivity index (χ1n) is 5.78. The predicted octanol–water partition coefficient (Wildman–Crippen LogP) is 2.97. The van der Waals surface area contributed by atoms with Gasteiger partial charge in [0.15, 0.2) is 0 Å². The van der Waals surface area contributed by atoms with Crippen LogP contribution in [0.3, 0.4) is 0 Å². The molecule has 2 aromatic rings. The van der Waals surface area contributed by atoms with Crippen molar-refractivity contribution in [3.8, 4) is 0 Å². The Labute approximate surface area is 100 Å². The fourth-order valence-electron chi connectivity index (χ4n) is 2.24. The highest BCUT2D eigenvalue weighted by atomic mass is 16.1. The number of para-hydroxylation sites is 1. The summed E-state index contributed by atoms with van der Waals surface area (Å²) in [5, 5.41) is 2.95. The van der Waals surface area contributed by atoms with Crippen LogP contribution in [0.5, 0.6) is 0 Å². The van der Waals surface area contributed by atoms with Crippen molar-refractivity contribution in [2.24, 2.45) is 0 Å². The molecule has 0 unspecified atom stereocenters. The van der Waals surface area contributed by atoms with E-state index in [-0.39, 0.29) is 11.8 Å². The van der Waals surface area contributed by atoms with Gasteiger partial charge < -0.3 is 5.32 Å².